The molecule has 5 heteroatoms. The maximum Gasteiger partial charge on any atom is 0.239 e. The fourth-order valence-corrected chi connectivity index (χ4v) is 1.85. The number of nitrogens with one attached hydrogen (secondary N) is 2. The first-order valence-electron chi connectivity index (χ1n) is 7.15. The first-order valence-corrected chi connectivity index (χ1v) is 7.15. The number of carbonyl (C=O) groups is 1. The molecule has 0 atom stereocenters. The Morgan fingerprint density at radius 2 is 1.90 bits per heavy atom. The summed E-state index contributed by atoms with van der Waals surface area (Å²) in [5, 5.41) is 6.04. The molecule has 1 aromatic carbocycles. The van der Waals surface area contributed by atoms with E-state index in [1.807, 2.05) is 32.0 Å². The van der Waals surface area contributed by atoms with Gasteiger partial charge in [-0.15, -0.1) is 0 Å². The third-order valence-corrected chi connectivity index (χ3v) is 2.94. The fourth-order valence-electron chi connectivity index (χ4n) is 1.85. The number of hydrogen-bond donors (Lipinski definition) is 2. The van der Waals surface area contributed by atoms with Crippen LogP contribution in [0.1, 0.15) is 26.7 Å². The van der Waals surface area contributed by atoms with Crippen molar-refractivity contribution in [1.29, 1.82) is 0 Å². The van der Waals surface area contributed by atoms with Crippen LogP contribution in [0.15, 0.2) is 18.2 Å². The monoisotopic (exact) mass is 278 g/mol. The van der Waals surface area contributed by atoms with E-state index in [9.17, 15) is 4.79 Å². The molecular weight excluding hydrogens is 256 g/mol. The molecule has 0 saturated heterocycles. The van der Waals surface area contributed by atoms with E-state index in [4.69, 9.17) is 9.47 Å². The number of rotatable bonds is 8. The van der Waals surface area contributed by atoms with E-state index in [1.54, 1.807) is 0 Å². The highest BCUT2D eigenvalue weighted by Gasteiger charge is 2.22. The van der Waals surface area contributed by atoms with Crippen LogP contribution in [-0.4, -0.2) is 31.7 Å². The van der Waals surface area contributed by atoms with Gasteiger partial charge in [-0.05, 0) is 38.8 Å². The molecule has 5 nitrogen and oxygen atoms in total. The molecule has 0 heterocycles. The zero-order chi connectivity index (χ0) is 14.4. The fraction of sp³-hybridized carbons (Fsp3) is 0.533. The second kappa shape index (κ2) is 7.03. The molecule has 0 radical (unpaired) electrons. The normalized spacial score (nSPS) is 13.7. The van der Waals surface area contributed by atoms with Crippen molar-refractivity contribution in [2.45, 2.75) is 32.7 Å². The highest BCUT2D eigenvalue weighted by atomic mass is 16.5. The third kappa shape index (κ3) is 4.33. The minimum Gasteiger partial charge on any atom is -0.490 e. The molecule has 0 aliphatic heterocycles. The summed E-state index contributed by atoms with van der Waals surface area (Å²) in [5.74, 6) is 1.45. The summed E-state index contributed by atoms with van der Waals surface area (Å²) in [6.07, 6.45) is 2.20. The van der Waals surface area contributed by atoms with Crippen LogP contribution in [0.3, 0.4) is 0 Å². The lowest BCUT2D eigenvalue weighted by Crippen LogP contribution is -2.31. The molecule has 2 rings (SSSR count). The summed E-state index contributed by atoms with van der Waals surface area (Å²) in [5.41, 5.74) is 0.850. The van der Waals surface area contributed by atoms with Crippen LogP contribution in [0.4, 0.5) is 5.69 Å². The standard InChI is InChI=1S/C15H22N2O3/c1-3-19-13-8-7-12(9-14(13)20-4-2)16-10-15(18)17-11-5-6-11/h7-9,11,16H,3-6,10H2,1-2H3,(H,17,18). The molecule has 1 aromatic rings. The minimum absolute atomic E-state index is 0.0272. The third-order valence-electron chi connectivity index (χ3n) is 2.94. The van der Waals surface area contributed by atoms with Gasteiger partial charge in [0.25, 0.3) is 0 Å². The predicted molar refractivity (Wildman–Crippen MR) is 78.4 cm³/mol. The zero-order valence-electron chi connectivity index (χ0n) is 12.1. The zero-order valence-corrected chi connectivity index (χ0v) is 12.1. The molecule has 2 N–H and O–H groups in total. The molecule has 0 spiro atoms. The van der Waals surface area contributed by atoms with Crippen LogP contribution < -0.4 is 20.1 Å². The molecule has 1 amide bonds. The summed E-state index contributed by atoms with van der Waals surface area (Å²) in [7, 11) is 0. The molecule has 0 aromatic heterocycles. The molecule has 1 saturated carbocycles. The van der Waals surface area contributed by atoms with Crippen LogP contribution in [0.5, 0.6) is 11.5 Å². The highest BCUT2D eigenvalue weighted by molar-refractivity contribution is 5.81. The SMILES string of the molecule is CCOc1ccc(NCC(=O)NC2CC2)cc1OCC. The van der Waals surface area contributed by atoms with Crippen molar-refractivity contribution in [3.8, 4) is 11.5 Å². The van der Waals surface area contributed by atoms with Gasteiger partial charge in [0.2, 0.25) is 5.91 Å². The Morgan fingerprint density at radius 3 is 2.55 bits per heavy atom. The summed E-state index contributed by atoms with van der Waals surface area (Å²) in [6.45, 7) is 5.31. The number of carbonyl (C=O) groups excluding carboxylic acids is 1. The lowest BCUT2D eigenvalue weighted by atomic mass is 10.2. The van der Waals surface area contributed by atoms with Crippen LogP contribution in [0, 0.1) is 0 Å². The number of amides is 1. The average molecular weight is 278 g/mol. The average Bonchev–Trinajstić information content (AvgIpc) is 3.23. The number of hydrogen-bond acceptors (Lipinski definition) is 4. The molecule has 1 aliphatic carbocycles. The van der Waals surface area contributed by atoms with E-state index in [-0.39, 0.29) is 12.5 Å². The smallest absolute Gasteiger partial charge is 0.239 e. The second-order valence-electron chi connectivity index (χ2n) is 4.72. The van der Waals surface area contributed by atoms with Gasteiger partial charge in [-0.3, -0.25) is 4.79 Å². The summed E-state index contributed by atoms with van der Waals surface area (Å²) in [4.78, 5) is 11.6. The van der Waals surface area contributed by atoms with E-state index >= 15 is 0 Å². The molecule has 20 heavy (non-hydrogen) atoms. The van der Waals surface area contributed by atoms with Gasteiger partial charge in [0.1, 0.15) is 0 Å². The first kappa shape index (κ1) is 14.5. The molecule has 1 fully saturated rings. The maximum absolute atomic E-state index is 11.6. The lowest BCUT2D eigenvalue weighted by Gasteiger charge is -2.13. The van der Waals surface area contributed by atoms with Gasteiger partial charge < -0.3 is 20.1 Å². The van der Waals surface area contributed by atoms with Crippen molar-refractivity contribution in [2.24, 2.45) is 0 Å². The van der Waals surface area contributed by atoms with Crippen molar-refractivity contribution >= 4 is 11.6 Å². The Balaban J connectivity index is 1.92. The molecule has 0 bridgehead atoms. The highest BCUT2D eigenvalue weighted by Crippen LogP contribution is 2.30. The Kier molecular flexibility index (Phi) is 5.09. The summed E-state index contributed by atoms with van der Waals surface area (Å²) >= 11 is 0. The molecule has 110 valence electrons. The molecular formula is C15H22N2O3. The van der Waals surface area contributed by atoms with Gasteiger partial charge >= 0.3 is 0 Å². The quantitative estimate of drug-likeness (QED) is 0.765. The topological polar surface area (TPSA) is 59.6 Å². The number of anilines is 1. The van der Waals surface area contributed by atoms with Crippen LogP contribution in [-0.2, 0) is 4.79 Å². The van der Waals surface area contributed by atoms with E-state index < -0.39 is 0 Å². The Bertz CT molecular complexity index is 458. The Labute approximate surface area is 119 Å². The van der Waals surface area contributed by atoms with Gasteiger partial charge in [-0.2, -0.15) is 0 Å². The van der Waals surface area contributed by atoms with Crippen molar-refractivity contribution in [3.63, 3.8) is 0 Å². The largest absolute Gasteiger partial charge is 0.490 e. The Morgan fingerprint density at radius 1 is 1.20 bits per heavy atom. The predicted octanol–water partition coefficient (Wildman–Crippen LogP) is 2.17. The molecule has 1 aliphatic rings. The lowest BCUT2D eigenvalue weighted by molar-refractivity contribution is -0.119. The van der Waals surface area contributed by atoms with Gasteiger partial charge in [-0.25, -0.2) is 0 Å². The molecule has 0 unspecified atom stereocenters. The van der Waals surface area contributed by atoms with E-state index in [2.05, 4.69) is 10.6 Å². The van der Waals surface area contributed by atoms with Crippen LogP contribution in [0.2, 0.25) is 0 Å². The maximum atomic E-state index is 11.6. The van der Waals surface area contributed by atoms with Crippen LogP contribution in [0.25, 0.3) is 0 Å². The second-order valence-corrected chi connectivity index (χ2v) is 4.72. The van der Waals surface area contributed by atoms with Crippen molar-refractivity contribution in [3.05, 3.63) is 18.2 Å². The van der Waals surface area contributed by atoms with Crippen molar-refractivity contribution in [2.75, 3.05) is 25.1 Å². The van der Waals surface area contributed by atoms with E-state index in [1.165, 1.54) is 0 Å². The Hall–Kier alpha value is -1.91. The summed E-state index contributed by atoms with van der Waals surface area (Å²) in [6, 6.07) is 6.00. The van der Waals surface area contributed by atoms with Gasteiger partial charge in [0.05, 0.1) is 19.8 Å². The van der Waals surface area contributed by atoms with Gasteiger partial charge in [0, 0.05) is 17.8 Å². The van der Waals surface area contributed by atoms with Crippen LogP contribution >= 0.6 is 0 Å². The van der Waals surface area contributed by atoms with Gasteiger partial charge in [0.15, 0.2) is 11.5 Å². The minimum atomic E-state index is 0.0272. The van der Waals surface area contributed by atoms with Crippen molar-refractivity contribution < 1.29 is 14.3 Å². The van der Waals surface area contributed by atoms with E-state index in [0.29, 0.717) is 25.0 Å². The summed E-state index contributed by atoms with van der Waals surface area (Å²) < 4.78 is 11.0. The number of benzene rings is 1. The van der Waals surface area contributed by atoms with Gasteiger partial charge in [-0.1, -0.05) is 0 Å². The van der Waals surface area contributed by atoms with Crippen molar-refractivity contribution in [1.82, 2.24) is 5.32 Å². The first-order chi connectivity index (χ1) is 9.72. The van der Waals surface area contributed by atoms with E-state index in [0.717, 1.165) is 24.3 Å². The number of ether oxygens (including phenoxy) is 2.